The number of aromatic nitrogens is 1. The van der Waals surface area contributed by atoms with Crippen LogP contribution >= 0.6 is 0 Å². The first-order chi connectivity index (χ1) is 16.6. The molecule has 2 nitrogen and oxygen atoms in total. The molecule has 2 heterocycles. The predicted octanol–water partition coefficient (Wildman–Crippen LogP) is 7.68. The highest BCUT2D eigenvalue weighted by atomic mass is 15.0. The van der Waals surface area contributed by atoms with Crippen LogP contribution in [-0.2, 0) is 11.8 Å². The molecule has 0 radical (unpaired) electrons. The summed E-state index contributed by atoms with van der Waals surface area (Å²) in [5, 5.41) is 5.07. The summed E-state index contributed by atoms with van der Waals surface area (Å²) in [7, 11) is 0. The van der Waals surface area contributed by atoms with Crippen molar-refractivity contribution < 1.29 is 0 Å². The lowest BCUT2D eigenvalue weighted by atomic mass is 9.76. The largest absolute Gasteiger partial charge is 0.377 e. The van der Waals surface area contributed by atoms with Crippen molar-refractivity contribution in [3.8, 4) is 16.8 Å². The minimum atomic E-state index is 0.000222. The van der Waals surface area contributed by atoms with Crippen molar-refractivity contribution in [2.45, 2.75) is 31.7 Å². The highest BCUT2D eigenvalue weighted by Crippen LogP contribution is 2.46. The maximum Gasteiger partial charge on any atom is 0.0577 e. The Morgan fingerprint density at radius 3 is 2.62 bits per heavy atom. The molecule has 3 aliphatic rings. The Bertz CT molecular complexity index is 1530. The lowest BCUT2D eigenvalue weighted by Crippen LogP contribution is -2.33. The lowest BCUT2D eigenvalue weighted by Gasteiger charge is -2.28. The van der Waals surface area contributed by atoms with E-state index in [1.165, 1.54) is 50.2 Å². The topological polar surface area (TPSA) is 17.0 Å². The number of allylic oxidation sites excluding steroid dienone is 3. The fourth-order valence-corrected chi connectivity index (χ4v) is 6.10. The van der Waals surface area contributed by atoms with Gasteiger partial charge in [0.2, 0.25) is 0 Å². The zero-order valence-corrected chi connectivity index (χ0v) is 19.6. The van der Waals surface area contributed by atoms with Crippen molar-refractivity contribution in [2.75, 3.05) is 5.32 Å². The molecule has 0 bridgehead atoms. The Morgan fingerprint density at radius 1 is 0.912 bits per heavy atom. The van der Waals surface area contributed by atoms with E-state index < -0.39 is 0 Å². The molecule has 1 N–H and O–H groups in total. The molecule has 2 heteroatoms. The second-order valence-corrected chi connectivity index (χ2v) is 10.2. The van der Waals surface area contributed by atoms with Gasteiger partial charge in [-0.05, 0) is 84.0 Å². The average molecular weight is 441 g/mol. The van der Waals surface area contributed by atoms with Crippen molar-refractivity contribution in [2.24, 2.45) is 5.92 Å². The fraction of sp³-hybridized carbons (Fsp3) is 0.188. The maximum absolute atomic E-state index is 3.70. The smallest absolute Gasteiger partial charge is 0.0577 e. The van der Waals surface area contributed by atoms with Gasteiger partial charge in [0.1, 0.15) is 0 Å². The molecule has 34 heavy (non-hydrogen) atoms. The summed E-state index contributed by atoms with van der Waals surface area (Å²) < 4.78 is 2.42. The fourth-order valence-electron chi connectivity index (χ4n) is 6.10. The number of nitrogens with one attached hydrogen (secondary N) is 1. The lowest BCUT2D eigenvalue weighted by molar-refractivity contribution is 0.579. The SMILES string of the molecule is CC1C=Cc2c(c3cc(-c4ccc5c(c4)C4(C)C=CC=CC4N5)ccc3n2-c2ccccc2)C1. The molecule has 0 saturated carbocycles. The van der Waals surface area contributed by atoms with Gasteiger partial charge in [-0.3, -0.25) is 0 Å². The summed E-state index contributed by atoms with van der Waals surface area (Å²) in [6.45, 7) is 4.65. The quantitative estimate of drug-likeness (QED) is 0.338. The van der Waals surface area contributed by atoms with E-state index in [9.17, 15) is 0 Å². The second kappa shape index (κ2) is 7.11. The predicted molar refractivity (Wildman–Crippen MR) is 144 cm³/mol. The number of benzene rings is 3. The third-order valence-electron chi connectivity index (χ3n) is 7.98. The highest BCUT2D eigenvalue weighted by molar-refractivity contribution is 5.94. The second-order valence-electron chi connectivity index (χ2n) is 10.2. The molecule has 3 atom stereocenters. The minimum absolute atomic E-state index is 0.000222. The van der Waals surface area contributed by atoms with E-state index in [1.807, 2.05) is 0 Å². The Labute approximate surface area is 200 Å². The normalized spacial score (nSPS) is 24.1. The standard InChI is InChI=1S/C32H28N2/c1-21-11-15-29-25(18-21)26-19-22(13-16-30(26)34(29)24-8-4-3-5-9-24)23-12-14-28-27(20-23)32(2)17-7-6-10-31(32)33-28/h3-17,19-21,31,33H,18H2,1-2H3. The van der Waals surface area contributed by atoms with Gasteiger partial charge in [0, 0.05) is 27.9 Å². The van der Waals surface area contributed by atoms with Gasteiger partial charge in [0.15, 0.2) is 0 Å². The molecule has 3 aromatic carbocycles. The van der Waals surface area contributed by atoms with Crippen LogP contribution in [0.5, 0.6) is 0 Å². The molecule has 2 aliphatic carbocycles. The number of para-hydroxylation sites is 1. The molecule has 0 fully saturated rings. The van der Waals surface area contributed by atoms with Crippen LogP contribution < -0.4 is 5.32 Å². The molecule has 0 spiro atoms. The van der Waals surface area contributed by atoms with Gasteiger partial charge in [-0.25, -0.2) is 0 Å². The third-order valence-corrected chi connectivity index (χ3v) is 7.98. The minimum Gasteiger partial charge on any atom is -0.377 e. The maximum atomic E-state index is 3.70. The van der Waals surface area contributed by atoms with E-state index in [1.54, 1.807) is 0 Å². The van der Waals surface area contributed by atoms with E-state index in [0.29, 0.717) is 12.0 Å². The van der Waals surface area contributed by atoms with Crippen molar-refractivity contribution in [1.82, 2.24) is 4.57 Å². The number of rotatable bonds is 2. The van der Waals surface area contributed by atoms with Gasteiger partial charge >= 0.3 is 0 Å². The monoisotopic (exact) mass is 440 g/mol. The van der Waals surface area contributed by atoms with E-state index in [0.717, 1.165) is 6.42 Å². The molecule has 0 amide bonds. The van der Waals surface area contributed by atoms with E-state index in [-0.39, 0.29) is 5.41 Å². The van der Waals surface area contributed by atoms with Crippen LogP contribution in [0.15, 0.2) is 97.1 Å². The van der Waals surface area contributed by atoms with Gasteiger partial charge in [-0.1, -0.05) is 67.6 Å². The van der Waals surface area contributed by atoms with E-state index in [4.69, 9.17) is 0 Å². The summed E-state index contributed by atoms with van der Waals surface area (Å²) in [6.07, 6.45) is 14.7. The zero-order chi connectivity index (χ0) is 22.9. The zero-order valence-electron chi connectivity index (χ0n) is 19.6. The van der Waals surface area contributed by atoms with Crippen LogP contribution in [0.4, 0.5) is 5.69 Å². The summed E-state index contributed by atoms with van der Waals surface area (Å²) in [4.78, 5) is 0. The Balaban J connectivity index is 1.40. The van der Waals surface area contributed by atoms with Gasteiger partial charge in [0.25, 0.3) is 0 Å². The Hall–Kier alpha value is -3.78. The van der Waals surface area contributed by atoms with Gasteiger partial charge in [0.05, 0.1) is 11.6 Å². The van der Waals surface area contributed by atoms with Crippen LogP contribution in [0.2, 0.25) is 0 Å². The molecule has 1 aliphatic heterocycles. The van der Waals surface area contributed by atoms with Crippen molar-refractivity contribution >= 4 is 22.7 Å². The van der Waals surface area contributed by atoms with Crippen LogP contribution in [0.1, 0.15) is 30.7 Å². The van der Waals surface area contributed by atoms with Crippen LogP contribution in [0, 0.1) is 5.92 Å². The number of nitrogens with zero attached hydrogens (tertiary/aromatic N) is 1. The number of hydrogen-bond donors (Lipinski definition) is 1. The first-order valence-corrected chi connectivity index (χ1v) is 12.3. The molecule has 166 valence electrons. The number of hydrogen-bond acceptors (Lipinski definition) is 1. The molecule has 0 saturated heterocycles. The van der Waals surface area contributed by atoms with Gasteiger partial charge in [-0.15, -0.1) is 0 Å². The number of fused-ring (bicyclic) bond motifs is 6. The molecular weight excluding hydrogens is 412 g/mol. The van der Waals surface area contributed by atoms with Crippen LogP contribution in [0.3, 0.4) is 0 Å². The van der Waals surface area contributed by atoms with Crippen molar-refractivity contribution in [1.29, 1.82) is 0 Å². The molecule has 7 rings (SSSR count). The molecule has 1 aromatic heterocycles. The molecule has 4 aromatic rings. The van der Waals surface area contributed by atoms with E-state index >= 15 is 0 Å². The van der Waals surface area contributed by atoms with E-state index in [2.05, 4.69) is 127 Å². The Morgan fingerprint density at radius 2 is 1.74 bits per heavy atom. The highest BCUT2D eigenvalue weighted by Gasteiger charge is 2.40. The van der Waals surface area contributed by atoms with Crippen LogP contribution in [-0.4, -0.2) is 10.6 Å². The van der Waals surface area contributed by atoms with Crippen molar-refractivity contribution in [3.63, 3.8) is 0 Å². The van der Waals surface area contributed by atoms with Gasteiger partial charge < -0.3 is 9.88 Å². The summed E-state index contributed by atoms with van der Waals surface area (Å²) in [6, 6.07) is 25.0. The first kappa shape index (κ1) is 19.7. The molecule has 3 unspecified atom stereocenters. The molecular formula is C32H28N2. The number of anilines is 1. The summed E-state index contributed by atoms with van der Waals surface area (Å²) >= 11 is 0. The Kier molecular flexibility index (Phi) is 4.11. The van der Waals surface area contributed by atoms with Crippen molar-refractivity contribution in [3.05, 3.63) is 114 Å². The summed E-state index contributed by atoms with van der Waals surface area (Å²) in [5.74, 6) is 0.556. The first-order valence-electron chi connectivity index (χ1n) is 12.3. The van der Waals surface area contributed by atoms with Gasteiger partial charge in [-0.2, -0.15) is 0 Å². The third kappa shape index (κ3) is 2.75. The summed E-state index contributed by atoms with van der Waals surface area (Å²) in [5.41, 5.74) is 10.5. The average Bonchev–Trinajstić information content (AvgIpc) is 3.35. The van der Waals surface area contributed by atoms with Crippen LogP contribution in [0.25, 0.3) is 33.8 Å².